The lowest BCUT2D eigenvalue weighted by atomic mass is 9.87. The molecule has 0 fully saturated rings. The highest BCUT2D eigenvalue weighted by molar-refractivity contribution is 5.44. The van der Waals surface area contributed by atoms with E-state index in [9.17, 15) is 10.2 Å². The molecule has 0 saturated heterocycles. The first-order chi connectivity index (χ1) is 8.49. The maximum absolute atomic E-state index is 9.45. The molecule has 0 heterocycles. The van der Waals surface area contributed by atoms with E-state index < -0.39 is 0 Å². The van der Waals surface area contributed by atoms with E-state index in [4.69, 9.17) is 0 Å². The minimum Gasteiger partial charge on any atom is -0.508 e. The highest BCUT2D eigenvalue weighted by atomic mass is 16.3. The topological polar surface area (TPSA) is 40.5 Å². The van der Waals surface area contributed by atoms with Gasteiger partial charge in [0.05, 0.1) is 0 Å². The lowest BCUT2D eigenvalue weighted by Crippen LogP contribution is -2.00. The molecule has 2 rings (SSSR count). The van der Waals surface area contributed by atoms with Crippen molar-refractivity contribution in [2.45, 2.75) is 26.7 Å². The molecular formula is C16H18O2. The second-order valence-corrected chi connectivity index (χ2v) is 4.80. The van der Waals surface area contributed by atoms with Crippen molar-refractivity contribution in [3.63, 3.8) is 0 Å². The zero-order chi connectivity index (χ0) is 13.3. The van der Waals surface area contributed by atoms with Gasteiger partial charge in [0, 0.05) is 5.92 Å². The second-order valence-electron chi connectivity index (χ2n) is 4.80. The number of hydrogen-bond acceptors (Lipinski definition) is 2. The van der Waals surface area contributed by atoms with Gasteiger partial charge in [-0.1, -0.05) is 19.1 Å². The van der Waals surface area contributed by atoms with E-state index in [1.807, 2.05) is 26.0 Å². The average Bonchev–Trinajstić information content (AvgIpc) is 2.28. The Kier molecular flexibility index (Phi) is 3.28. The highest BCUT2D eigenvalue weighted by Gasteiger charge is 2.13. The summed E-state index contributed by atoms with van der Waals surface area (Å²) in [6.07, 6.45) is 0. The number of aromatic hydroxyl groups is 2. The van der Waals surface area contributed by atoms with Gasteiger partial charge in [-0.15, -0.1) is 0 Å². The summed E-state index contributed by atoms with van der Waals surface area (Å²) in [6.45, 7) is 6.14. The predicted molar refractivity (Wildman–Crippen MR) is 73.2 cm³/mol. The highest BCUT2D eigenvalue weighted by Crippen LogP contribution is 2.31. The molecule has 2 N–H and O–H groups in total. The van der Waals surface area contributed by atoms with Crippen molar-refractivity contribution in [3.05, 3.63) is 58.7 Å². The molecular weight excluding hydrogens is 224 g/mol. The molecule has 0 aliphatic rings. The van der Waals surface area contributed by atoms with E-state index >= 15 is 0 Å². The third-order valence-corrected chi connectivity index (χ3v) is 3.44. The van der Waals surface area contributed by atoms with Gasteiger partial charge in [-0.05, 0) is 60.4 Å². The van der Waals surface area contributed by atoms with Gasteiger partial charge in [-0.25, -0.2) is 0 Å². The fraction of sp³-hybridized carbons (Fsp3) is 0.250. The molecule has 0 amide bonds. The van der Waals surface area contributed by atoms with Crippen molar-refractivity contribution < 1.29 is 10.2 Å². The van der Waals surface area contributed by atoms with Crippen molar-refractivity contribution in [1.82, 2.24) is 0 Å². The minimum atomic E-state index is 0.242. The first-order valence-electron chi connectivity index (χ1n) is 6.08. The molecule has 2 heteroatoms. The third-order valence-electron chi connectivity index (χ3n) is 3.44. The number of aryl methyl sites for hydroxylation is 2. The fourth-order valence-corrected chi connectivity index (χ4v) is 2.46. The van der Waals surface area contributed by atoms with Crippen LogP contribution in [-0.2, 0) is 0 Å². The Labute approximate surface area is 108 Å². The molecule has 0 spiro atoms. The zero-order valence-electron chi connectivity index (χ0n) is 10.9. The summed E-state index contributed by atoms with van der Waals surface area (Å²) in [5, 5.41) is 18.9. The number of rotatable bonds is 2. The second kappa shape index (κ2) is 4.73. The zero-order valence-corrected chi connectivity index (χ0v) is 10.9. The average molecular weight is 242 g/mol. The predicted octanol–water partition coefficient (Wildman–Crippen LogP) is 3.87. The summed E-state index contributed by atoms with van der Waals surface area (Å²) in [4.78, 5) is 0. The van der Waals surface area contributed by atoms with E-state index in [1.54, 1.807) is 24.3 Å². The molecule has 0 aliphatic carbocycles. The van der Waals surface area contributed by atoms with Crippen LogP contribution in [0.25, 0.3) is 0 Å². The number of phenols is 2. The summed E-state index contributed by atoms with van der Waals surface area (Å²) in [7, 11) is 0. The van der Waals surface area contributed by atoms with Crippen LogP contribution in [0.4, 0.5) is 0 Å². The van der Waals surface area contributed by atoms with Crippen LogP contribution in [0.3, 0.4) is 0 Å². The Hall–Kier alpha value is -1.96. The Morgan fingerprint density at radius 1 is 0.778 bits per heavy atom. The largest absolute Gasteiger partial charge is 0.508 e. The minimum absolute atomic E-state index is 0.242. The van der Waals surface area contributed by atoms with Crippen molar-refractivity contribution in [2.75, 3.05) is 0 Å². The van der Waals surface area contributed by atoms with Crippen molar-refractivity contribution in [1.29, 1.82) is 0 Å². The Bertz CT molecular complexity index is 522. The van der Waals surface area contributed by atoms with Crippen LogP contribution in [-0.4, -0.2) is 10.2 Å². The van der Waals surface area contributed by atoms with Crippen LogP contribution >= 0.6 is 0 Å². The van der Waals surface area contributed by atoms with Gasteiger partial charge in [0.2, 0.25) is 0 Å². The summed E-state index contributed by atoms with van der Waals surface area (Å²) >= 11 is 0. The summed E-state index contributed by atoms with van der Waals surface area (Å²) in [6, 6.07) is 10.9. The summed E-state index contributed by atoms with van der Waals surface area (Å²) in [5.74, 6) is 0.836. The monoisotopic (exact) mass is 242 g/mol. The Balaban J connectivity index is 2.44. The maximum Gasteiger partial charge on any atom is 0.115 e. The Morgan fingerprint density at radius 3 is 1.50 bits per heavy atom. The smallest absolute Gasteiger partial charge is 0.115 e. The Morgan fingerprint density at radius 2 is 1.17 bits per heavy atom. The normalized spacial score (nSPS) is 10.9. The van der Waals surface area contributed by atoms with Gasteiger partial charge in [0.25, 0.3) is 0 Å². The first kappa shape index (κ1) is 12.5. The van der Waals surface area contributed by atoms with Gasteiger partial charge in [0.15, 0.2) is 0 Å². The number of benzene rings is 2. The molecule has 0 unspecified atom stereocenters. The quantitative estimate of drug-likeness (QED) is 0.839. The van der Waals surface area contributed by atoms with E-state index in [0.717, 1.165) is 11.1 Å². The standard InChI is InChI=1S/C16H18O2/c1-10-8-13(17)4-6-15(10)12(3)16-7-5-14(18)9-11(16)2/h4-9,12,17-18H,1-3H3. The molecule has 18 heavy (non-hydrogen) atoms. The lowest BCUT2D eigenvalue weighted by Gasteiger charge is -2.17. The molecule has 2 nitrogen and oxygen atoms in total. The molecule has 2 aromatic rings. The number of hydrogen-bond donors (Lipinski definition) is 2. The van der Waals surface area contributed by atoms with Crippen molar-refractivity contribution in [3.8, 4) is 11.5 Å². The van der Waals surface area contributed by atoms with Gasteiger partial charge >= 0.3 is 0 Å². The van der Waals surface area contributed by atoms with E-state index in [1.165, 1.54) is 11.1 Å². The molecule has 0 bridgehead atoms. The molecule has 0 aromatic heterocycles. The van der Waals surface area contributed by atoms with Crippen LogP contribution < -0.4 is 0 Å². The third kappa shape index (κ3) is 2.33. The van der Waals surface area contributed by atoms with E-state index in [0.29, 0.717) is 11.5 Å². The van der Waals surface area contributed by atoms with Crippen LogP contribution in [0, 0.1) is 13.8 Å². The summed E-state index contributed by atoms with van der Waals surface area (Å²) < 4.78 is 0. The maximum atomic E-state index is 9.45. The lowest BCUT2D eigenvalue weighted by molar-refractivity contribution is 0.474. The molecule has 0 radical (unpaired) electrons. The van der Waals surface area contributed by atoms with Crippen LogP contribution in [0.15, 0.2) is 36.4 Å². The summed E-state index contributed by atoms with van der Waals surface area (Å²) in [5.41, 5.74) is 4.55. The first-order valence-corrected chi connectivity index (χ1v) is 6.08. The molecule has 2 aromatic carbocycles. The van der Waals surface area contributed by atoms with Crippen LogP contribution in [0.5, 0.6) is 11.5 Å². The van der Waals surface area contributed by atoms with E-state index in [-0.39, 0.29) is 5.92 Å². The van der Waals surface area contributed by atoms with Crippen molar-refractivity contribution >= 4 is 0 Å². The van der Waals surface area contributed by atoms with Gasteiger partial charge in [0.1, 0.15) is 11.5 Å². The number of phenolic OH excluding ortho intramolecular Hbond substituents is 2. The van der Waals surface area contributed by atoms with Gasteiger partial charge in [-0.2, -0.15) is 0 Å². The molecule has 0 atom stereocenters. The fourth-order valence-electron chi connectivity index (χ4n) is 2.46. The molecule has 0 aliphatic heterocycles. The SMILES string of the molecule is Cc1cc(O)ccc1C(C)c1ccc(O)cc1C. The molecule has 94 valence electrons. The van der Waals surface area contributed by atoms with Gasteiger partial charge in [-0.3, -0.25) is 0 Å². The van der Waals surface area contributed by atoms with Crippen LogP contribution in [0.1, 0.15) is 35.1 Å². The van der Waals surface area contributed by atoms with Crippen molar-refractivity contribution in [2.24, 2.45) is 0 Å². The van der Waals surface area contributed by atoms with E-state index in [2.05, 4.69) is 6.92 Å². The van der Waals surface area contributed by atoms with Gasteiger partial charge < -0.3 is 10.2 Å². The molecule has 0 saturated carbocycles. The van der Waals surface area contributed by atoms with Crippen LogP contribution in [0.2, 0.25) is 0 Å².